The molecule has 0 radical (unpaired) electrons. The van der Waals surface area contributed by atoms with Crippen LogP contribution in [0.5, 0.6) is 0 Å². The molecule has 0 saturated carbocycles. The summed E-state index contributed by atoms with van der Waals surface area (Å²) in [6, 6.07) is 0. The van der Waals surface area contributed by atoms with E-state index in [0.717, 1.165) is 6.42 Å². The zero-order valence-electron chi connectivity index (χ0n) is 7.45. The summed E-state index contributed by atoms with van der Waals surface area (Å²) in [5.41, 5.74) is 0. The van der Waals surface area contributed by atoms with E-state index in [1.54, 1.807) is 0 Å². The lowest BCUT2D eigenvalue weighted by atomic mass is 10.1. The molecule has 0 bridgehead atoms. The highest BCUT2D eigenvalue weighted by atomic mass is 19.4. The lowest BCUT2D eigenvalue weighted by Gasteiger charge is -2.08. The van der Waals surface area contributed by atoms with Gasteiger partial charge in [-0.3, -0.25) is 0 Å². The summed E-state index contributed by atoms with van der Waals surface area (Å²) in [5, 5.41) is 0. The number of hydrogen-bond acceptors (Lipinski definition) is 1. The number of hydrogen-bond donors (Lipinski definition) is 0. The fraction of sp³-hybridized carbons (Fsp3) is 1.00. The van der Waals surface area contributed by atoms with Crippen molar-refractivity contribution >= 4 is 0 Å². The minimum absolute atomic E-state index is 0.212. The molecule has 0 amide bonds. The largest absolute Gasteiger partial charge is 0.391 e. The van der Waals surface area contributed by atoms with Gasteiger partial charge in [0.05, 0.1) is 13.0 Å². The van der Waals surface area contributed by atoms with Gasteiger partial charge in [0.1, 0.15) is 0 Å². The number of halogens is 3. The summed E-state index contributed by atoms with van der Waals surface area (Å²) < 4.78 is 39.5. The molecule has 0 spiro atoms. The van der Waals surface area contributed by atoms with Gasteiger partial charge in [-0.2, -0.15) is 13.2 Å². The van der Waals surface area contributed by atoms with Crippen molar-refractivity contribution in [2.45, 2.75) is 32.9 Å². The van der Waals surface area contributed by atoms with Crippen molar-refractivity contribution in [3.8, 4) is 0 Å². The molecule has 0 aromatic heterocycles. The quantitative estimate of drug-likeness (QED) is 0.597. The Balaban J connectivity index is 3.12. The van der Waals surface area contributed by atoms with Crippen molar-refractivity contribution in [2.24, 2.45) is 5.92 Å². The Morgan fingerprint density at radius 2 is 1.75 bits per heavy atom. The van der Waals surface area contributed by atoms with Crippen LogP contribution in [0, 0.1) is 5.92 Å². The first kappa shape index (κ1) is 11.8. The summed E-state index contributed by atoms with van der Waals surface area (Å²) in [6.07, 6.45) is -4.11. The molecular weight excluding hydrogens is 169 g/mol. The molecule has 0 atom stereocenters. The predicted octanol–water partition coefficient (Wildman–Crippen LogP) is 3.00. The summed E-state index contributed by atoms with van der Waals surface area (Å²) in [4.78, 5) is 0. The lowest BCUT2D eigenvalue weighted by molar-refractivity contribution is -0.145. The van der Waals surface area contributed by atoms with Gasteiger partial charge in [-0.05, 0) is 12.3 Å². The first-order valence-corrected chi connectivity index (χ1v) is 4.06. The third kappa shape index (κ3) is 9.75. The average molecular weight is 184 g/mol. The van der Waals surface area contributed by atoms with E-state index in [2.05, 4.69) is 0 Å². The van der Waals surface area contributed by atoms with Crippen LogP contribution < -0.4 is 0 Å². The zero-order chi connectivity index (χ0) is 9.61. The van der Waals surface area contributed by atoms with E-state index in [1.807, 2.05) is 13.8 Å². The maximum atomic E-state index is 11.6. The molecule has 74 valence electrons. The Morgan fingerprint density at radius 1 is 1.17 bits per heavy atom. The van der Waals surface area contributed by atoms with Crippen molar-refractivity contribution in [1.82, 2.24) is 0 Å². The van der Waals surface area contributed by atoms with E-state index in [4.69, 9.17) is 4.74 Å². The highest BCUT2D eigenvalue weighted by Gasteiger charge is 2.26. The fourth-order valence-corrected chi connectivity index (χ4v) is 0.609. The highest BCUT2D eigenvalue weighted by Crippen LogP contribution is 2.18. The van der Waals surface area contributed by atoms with Gasteiger partial charge in [0.2, 0.25) is 0 Å². The Morgan fingerprint density at radius 3 is 2.17 bits per heavy atom. The van der Waals surface area contributed by atoms with E-state index in [-0.39, 0.29) is 6.61 Å². The Kier molecular flexibility index (Phi) is 5.29. The van der Waals surface area contributed by atoms with Crippen LogP contribution in [0.1, 0.15) is 26.7 Å². The van der Waals surface area contributed by atoms with E-state index in [0.29, 0.717) is 12.5 Å². The van der Waals surface area contributed by atoms with Gasteiger partial charge in [-0.1, -0.05) is 13.8 Å². The van der Waals surface area contributed by atoms with Gasteiger partial charge < -0.3 is 4.74 Å². The molecule has 0 aromatic rings. The summed E-state index contributed by atoms with van der Waals surface area (Å²) in [7, 11) is 0. The van der Waals surface area contributed by atoms with Crippen LogP contribution in [0.3, 0.4) is 0 Å². The smallest absolute Gasteiger partial charge is 0.381 e. The molecule has 0 aliphatic rings. The second-order valence-electron chi connectivity index (χ2n) is 3.16. The average Bonchev–Trinajstić information content (AvgIpc) is 1.83. The zero-order valence-corrected chi connectivity index (χ0v) is 7.45. The molecule has 0 saturated heterocycles. The van der Waals surface area contributed by atoms with Crippen molar-refractivity contribution in [3.63, 3.8) is 0 Å². The van der Waals surface area contributed by atoms with Crippen LogP contribution in [0.2, 0.25) is 0 Å². The SMILES string of the molecule is CC(C)CCOCCC(F)(F)F. The second-order valence-corrected chi connectivity index (χ2v) is 3.16. The monoisotopic (exact) mass is 184 g/mol. The highest BCUT2D eigenvalue weighted by molar-refractivity contribution is 4.49. The van der Waals surface area contributed by atoms with Crippen LogP contribution in [0.25, 0.3) is 0 Å². The van der Waals surface area contributed by atoms with Crippen molar-refractivity contribution in [3.05, 3.63) is 0 Å². The molecule has 1 nitrogen and oxygen atoms in total. The topological polar surface area (TPSA) is 9.23 Å². The molecule has 0 fully saturated rings. The normalized spacial score (nSPS) is 12.5. The van der Waals surface area contributed by atoms with Gasteiger partial charge in [0, 0.05) is 6.61 Å². The van der Waals surface area contributed by atoms with E-state index in [1.165, 1.54) is 0 Å². The standard InChI is InChI=1S/C8H15F3O/c1-7(2)3-5-12-6-4-8(9,10)11/h7H,3-6H2,1-2H3. The van der Waals surface area contributed by atoms with E-state index >= 15 is 0 Å². The molecule has 0 aromatic carbocycles. The van der Waals surface area contributed by atoms with Crippen LogP contribution in [0.4, 0.5) is 13.2 Å². The van der Waals surface area contributed by atoms with Crippen molar-refractivity contribution < 1.29 is 17.9 Å². The van der Waals surface area contributed by atoms with Crippen LogP contribution in [-0.2, 0) is 4.74 Å². The van der Waals surface area contributed by atoms with Crippen LogP contribution >= 0.6 is 0 Å². The third-order valence-electron chi connectivity index (χ3n) is 1.37. The Labute approximate surface area is 70.9 Å². The first-order chi connectivity index (χ1) is 5.42. The van der Waals surface area contributed by atoms with E-state index in [9.17, 15) is 13.2 Å². The fourth-order valence-electron chi connectivity index (χ4n) is 0.609. The predicted molar refractivity (Wildman–Crippen MR) is 40.9 cm³/mol. The van der Waals surface area contributed by atoms with Gasteiger partial charge in [0.25, 0.3) is 0 Å². The molecule has 4 heteroatoms. The van der Waals surface area contributed by atoms with E-state index < -0.39 is 12.6 Å². The molecule has 0 N–H and O–H groups in total. The number of rotatable bonds is 5. The van der Waals surface area contributed by atoms with Crippen LogP contribution in [0.15, 0.2) is 0 Å². The summed E-state index contributed by atoms with van der Waals surface area (Å²) >= 11 is 0. The molecule has 0 rings (SSSR count). The maximum absolute atomic E-state index is 11.6. The second kappa shape index (κ2) is 5.41. The van der Waals surface area contributed by atoms with Crippen molar-refractivity contribution in [2.75, 3.05) is 13.2 Å². The summed E-state index contributed by atoms with van der Waals surface area (Å²) in [6.45, 7) is 4.23. The first-order valence-electron chi connectivity index (χ1n) is 4.06. The van der Waals surface area contributed by atoms with Gasteiger partial charge in [-0.25, -0.2) is 0 Å². The molecule has 0 aliphatic carbocycles. The number of alkyl halides is 3. The summed E-state index contributed by atoms with van der Waals surface area (Å²) in [5.74, 6) is 0.482. The third-order valence-corrected chi connectivity index (χ3v) is 1.37. The van der Waals surface area contributed by atoms with Gasteiger partial charge in [0.15, 0.2) is 0 Å². The molecular formula is C8H15F3O. The Bertz CT molecular complexity index is 109. The lowest BCUT2D eigenvalue weighted by Crippen LogP contribution is -2.12. The van der Waals surface area contributed by atoms with Crippen molar-refractivity contribution in [1.29, 1.82) is 0 Å². The number of ether oxygens (including phenoxy) is 1. The molecule has 0 aliphatic heterocycles. The van der Waals surface area contributed by atoms with Crippen LogP contribution in [-0.4, -0.2) is 19.4 Å². The molecule has 0 heterocycles. The Hall–Kier alpha value is -0.250. The minimum Gasteiger partial charge on any atom is -0.381 e. The molecule has 12 heavy (non-hydrogen) atoms. The minimum atomic E-state index is -4.09. The molecule has 0 unspecified atom stereocenters. The van der Waals surface area contributed by atoms with Gasteiger partial charge in [-0.15, -0.1) is 0 Å². The maximum Gasteiger partial charge on any atom is 0.391 e. The van der Waals surface area contributed by atoms with Gasteiger partial charge >= 0.3 is 6.18 Å².